The Morgan fingerprint density at radius 3 is 2.41 bits per heavy atom. The first kappa shape index (κ1) is 28.2. The van der Waals surface area contributed by atoms with Crippen molar-refractivity contribution in [3.05, 3.63) is 78.0 Å². The second-order valence-electron chi connectivity index (χ2n) is 12.1. The fourth-order valence-electron chi connectivity index (χ4n) is 5.11. The summed E-state index contributed by atoms with van der Waals surface area (Å²) < 4.78 is 13.6. The van der Waals surface area contributed by atoms with E-state index < -0.39 is 5.97 Å². The molecule has 0 amide bonds. The van der Waals surface area contributed by atoms with Gasteiger partial charge < -0.3 is 14.8 Å². The van der Waals surface area contributed by atoms with E-state index in [1.165, 1.54) is 0 Å². The van der Waals surface area contributed by atoms with Gasteiger partial charge in [0, 0.05) is 17.3 Å². The number of nitrogens with zero attached hydrogens (tertiary/aromatic N) is 2. The third-order valence-electron chi connectivity index (χ3n) is 6.45. The lowest BCUT2D eigenvalue weighted by Gasteiger charge is -2.34. The van der Waals surface area contributed by atoms with Crippen molar-refractivity contribution in [3.63, 3.8) is 0 Å². The number of unbranched alkanes of at least 4 members (excludes halogenated alkanes) is 1. The maximum absolute atomic E-state index is 12.9. The van der Waals surface area contributed by atoms with Crippen LogP contribution < -0.4 is 14.8 Å². The zero-order chi connectivity index (χ0) is 28.2. The average Bonchev–Trinajstić information content (AvgIpc) is 3.22. The number of esters is 1. The Labute approximate surface area is 232 Å². The van der Waals surface area contributed by atoms with Gasteiger partial charge >= 0.3 is 5.97 Å². The molecular weight excluding hydrogens is 486 g/mol. The molecule has 0 atom stereocenters. The van der Waals surface area contributed by atoms with Gasteiger partial charge in [-0.3, -0.25) is 4.40 Å². The Kier molecular flexibility index (Phi) is 8.34. The zero-order valence-corrected chi connectivity index (χ0v) is 24.3. The van der Waals surface area contributed by atoms with Gasteiger partial charge in [0.1, 0.15) is 28.7 Å². The fraction of sp³-hybridized carbons (Fsp3) is 0.394. The molecule has 0 saturated heterocycles. The Hall–Kier alpha value is -3.80. The van der Waals surface area contributed by atoms with Crippen LogP contribution in [0.1, 0.15) is 76.7 Å². The predicted molar refractivity (Wildman–Crippen MR) is 159 cm³/mol. The molecule has 0 saturated carbocycles. The zero-order valence-electron chi connectivity index (χ0n) is 24.3. The number of benzene rings is 2. The lowest BCUT2D eigenvalue weighted by molar-refractivity contribution is 0.0735. The van der Waals surface area contributed by atoms with E-state index in [4.69, 9.17) is 14.5 Å². The molecule has 0 spiro atoms. The van der Waals surface area contributed by atoms with Gasteiger partial charge in [0.05, 0.1) is 12.2 Å². The highest BCUT2D eigenvalue weighted by Crippen LogP contribution is 2.36. The molecule has 0 aliphatic heterocycles. The average molecular weight is 528 g/mol. The van der Waals surface area contributed by atoms with Crippen LogP contribution in [0.4, 0.5) is 5.82 Å². The van der Waals surface area contributed by atoms with Gasteiger partial charge in [-0.1, -0.05) is 52.3 Å². The SMILES string of the molecule is CCCCOc1ccc(C(=O)Oc2cccc(-c3nc4c(C)cccn4c3NC(C)(C)CC(C)(C)C)c2)cc1. The third-order valence-corrected chi connectivity index (χ3v) is 6.45. The normalized spacial score (nSPS) is 12.0. The number of aryl methyl sites for hydroxylation is 1. The van der Waals surface area contributed by atoms with Crippen molar-refractivity contribution in [3.8, 4) is 22.8 Å². The Morgan fingerprint density at radius 1 is 0.974 bits per heavy atom. The van der Waals surface area contributed by atoms with Crippen LogP contribution >= 0.6 is 0 Å². The van der Waals surface area contributed by atoms with Gasteiger partial charge in [-0.05, 0) is 87.1 Å². The number of rotatable bonds is 10. The number of hydrogen-bond donors (Lipinski definition) is 1. The highest BCUT2D eigenvalue weighted by atomic mass is 16.5. The quantitative estimate of drug-likeness (QED) is 0.128. The lowest BCUT2D eigenvalue weighted by atomic mass is 9.82. The minimum Gasteiger partial charge on any atom is -0.494 e. The number of aromatic nitrogens is 2. The minimum absolute atomic E-state index is 0.154. The molecule has 0 radical (unpaired) electrons. The van der Waals surface area contributed by atoms with Crippen molar-refractivity contribution in [2.45, 2.75) is 73.3 Å². The summed E-state index contributed by atoms with van der Waals surface area (Å²) in [6.07, 6.45) is 5.08. The van der Waals surface area contributed by atoms with Gasteiger partial charge in [0.2, 0.25) is 0 Å². The van der Waals surface area contributed by atoms with Crippen molar-refractivity contribution in [2.75, 3.05) is 11.9 Å². The Balaban J connectivity index is 1.62. The van der Waals surface area contributed by atoms with Crippen LogP contribution in [0.3, 0.4) is 0 Å². The number of carbonyl (C=O) groups is 1. The van der Waals surface area contributed by atoms with Crippen LogP contribution in [0.15, 0.2) is 66.9 Å². The van der Waals surface area contributed by atoms with Crippen LogP contribution in [0.5, 0.6) is 11.5 Å². The first-order valence-electron chi connectivity index (χ1n) is 13.8. The largest absolute Gasteiger partial charge is 0.494 e. The molecule has 6 heteroatoms. The molecule has 6 nitrogen and oxygen atoms in total. The molecule has 39 heavy (non-hydrogen) atoms. The molecule has 0 fully saturated rings. The first-order valence-corrected chi connectivity index (χ1v) is 13.8. The second-order valence-corrected chi connectivity index (χ2v) is 12.1. The number of imidazole rings is 1. The van der Waals surface area contributed by atoms with Gasteiger partial charge in [0.25, 0.3) is 0 Å². The summed E-state index contributed by atoms with van der Waals surface area (Å²) in [6, 6.07) is 18.7. The van der Waals surface area contributed by atoms with Crippen molar-refractivity contribution in [1.29, 1.82) is 0 Å². The maximum atomic E-state index is 12.9. The van der Waals surface area contributed by atoms with Crippen LogP contribution in [-0.4, -0.2) is 27.5 Å². The Bertz CT molecular complexity index is 1430. The van der Waals surface area contributed by atoms with E-state index in [1.807, 2.05) is 30.5 Å². The van der Waals surface area contributed by atoms with Crippen LogP contribution in [0, 0.1) is 12.3 Å². The summed E-state index contributed by atoms with van der Waals surface area (Å²) in [4.78, 5) is 17.9. The fourth-order valence-corrected chi connectivity index (χ4v) is 5.11. The summed E-state index contributed by atoms with van der Waals surface area (Å²) in [5.74, 6) is 1.72. The predicted octanol–water partition coefficient (Wildman–Crippen LogP) is 8.33. The molecule has 0 aliphatic carbocycles. The van der Waals surface area contributed by atoms with Crippen molar-refractivity contribution in [2.24, 2.45) is 5.41 Å². The molecule has 0 aliphatic rings. The van der Waals surface area contributed by atoms with E-state index in [-0.39, 0.29) is 11.0 Å². The minimum atomic E-state index is -0.414. The van der Waals surface area contributed by atoms with Crippen molar-refractivity contribution in [1.82, 2.24) is 9.38 Å². The summed E-state index contributed by atoms with van der Waals surface area (Å²) >= 11 is 0. The van der Waals surface area contributed by atoms with Gasteiger partial charge in [-0.25, -0.2) is 9.78 Å². The molecule has 4 aromatic rings. The van der Waals surface area contributed by atoms with Crippen LogP contribution in [0.25, 0.3) is 16.9 Å². The third kappa shape index (κ3) is 7.20. The second kappa shape index (κ2) is 11.5. The molecule has 0 bridgehead atoms. The standard InChI is InChI=1S/C33H41N3O3/c1-8-9-20-38-26-17-15-24(16-18-26)31(37)39-27-14-10-13-25(21-27)28-30(35-33(6,7)22-32(3,4)5)36-19-11-12-23(2)29(36)34-28/h10-19,21,35H,8-9,20,22H2,1-7H3. The number of ether oxygens (including phenoxy) is 2. The van der Waals surface area contributed by atoms with E-state index in [1.54, 1.807) is 30.3 Å². The molecule has 2 aromatic heterocycles. The summed E-state index contributed by atoms with van der Waals surface area (Å²) in [6.45, 7) is 16.0. The lowest BCUT2D eigenvalue weighted by Crippen LogP contribution is -2.36. The first-order chi connectivity index (χ1) is 18.5. The molecule has 2 heterocycles. The van der Waals surface area contributed by atoms with E-state index in [0.717, 1.165) is 53.3 Å². The number of nitrogens with one attached hydrogen (secondary N) is 1. The number of hydrogen-bond acceptors (Lipinski definition) is 5. The monoisotopic (exact) mass is 527 g/mol. The summed E-state index contributed by atoms with van der Waals surface area (Å²) in [5, 5.41) is 3.78. The van der Waals surface area contributed by atoms with E-state index in [2.05, 4.69) is 64.3 Å². The van der Waals surface area contributed by atoms with E-state index in [9.17, 15) is 4.79 Å². The van der Waals surface area contributed by atoms with E-state index >= 15 is 0 Å². The van der Waals surface area contributed by atoms with Gasteiger partial charge in [-0.15, -0.1) is 0 Å². The highest BCUT2D eigenvalue weighted by molar-refractivity contribution is 5.91. The maximum Gasteiger partial charge on any atom is 0.343 e. The molecule has 1 N–H and O–H groups in total. The summed E-state index contributed by atoms with van der Waals surface area (Å²) in [5.41, 5.74) is 4.12. The number of carbonyl (C=O) groups excluding carboxylic acids is 1. The molecule has 206 valence electrons. The molecule has 2 aromatic carbocycles. The number of fused-ring (bicyclic) bond motifs is 1. The van der Waals surface area contributed by atoms with E-state index in [0.29, 0.717) is 17.9 Å². The van der Waals surface area contributed by atoms with Gasteiger partial charge in [-0.2, -0.15) is 0 Å². The highest BCUT2D eigenvalue weighted by Gasteiger charge is 2.28. The number of pyridine rings is 1. The van der Waals surface area contributed by atoms with Crippen LogP contribution in [0.2, 0.25) is 0 Å². The smallest absolute Gasteiger partial charge is 0.343 e. The van der Waals surface area contributed by atoms with Crippen molar-refractivity contribution < 1.29 is 14.3 Å². The molecule has 4 rings (SSSR count). The van der Waals surface area contributed by atoms with Crippen molar-refractivity contribution >= 4 is 17.4 Å². The Morgan fingerprint density at radius 2 is 1.72 bits per heavy atom. The number of anilines is 1. The summed E-state index contributed by atoms with van der Waals surface area (Å²) in [7, 11) is 0. The molecule has 0 unspecified atom stereocenters. The topological polar surface area (TPSA) is 64.9 Å². The van der Waals surface area contributed by atoms with Gasteiger partial charge in [0.15, 0.2) is 0 Å². The van der Waals surface area contributed by atoms with Crippen LogP contribution in [-0.2, 0) is 0 Å². The molecular formula is C33H41N3O3.